The van der Waals surface area contributed by atoms with E-state index in [0.29, 0.717) is 12.1 Å². The normalized spacial score (nSPS) is 25.7. The maximum Gasteiger partial charge on any atom is 0.0616 e. The molecular formula is C12H16BrNO. The van der Waals surface area contributed by atoms with Crippen molar-refractivity contribution in [2.24, 2.45) is 0 Å². The van der Waals surface area contributed by atoms with Gasteiger partial charge in [-0.1, -0.05) is 28.1 Å². The van der Waals surface area contributed by atoms with Crippen LogP contribution in [0.2, 0.25) is 0 Å². The van der Waals surface area contributed by atoms with Crippen LogP contribution in [0.15, 0.2) is 28.7 Å². The van der Waals surface area contributed by atoms with E-state index in [4.69, 9.17) is 4.74 Å². The lowest BCUT2D eigenvalue weighted by Crippen LogP contribution is -2.28. The highest BCUT2D eigenvalue weighted by Gasteiger charge is 2.24. The van der Waals surface area contributed by atoms with Crippen molar-refractivity contribution in [1.82, 2.24) is 5.32 Å². The fraction of sp³-hybridized carbons (Fsp3) is 0.500. The fourth-order valence-electron chi connectivity index (χ4n) is 2.14. The van der Waals surface area contributed by atoms with Crippen molar-refractivity contribution >= 4 is 15.9 Å². The standard InChI is InChI=1S/C12H16BrNO/c1-15-8-11-5-6-12(14-11)9-3-2-4-10(13)7-9/h2-4,7,11-12,14H,5-6,8H2,1H3. The summed E-state index contributed by atoms with van der Waals surface area (Å²) in [6.07, 6.45) is 2.40. The molecular weight excluding hydrogens is 254 g/mol. The minimum absolute atomic E-state index is 0.489. The molecule has 0 bridgehead atoms. The fourth-order valence-corrected chi connectivity index (χ4v) is 2.55. The third kappa shape index (κ3) is 2.80. The predicted molar refractivity (Wildman–Crippen MR) is 64.9 cm³/mol. The lowest BCUT2D eigenvalue weighted by Gasteiger charge is -2.14. The lowest BCUT2D eigenvalue weighted by atomic mass is 10.1. The lowest BCUT2D eigenvalue weighted by molar-refractivity contribution is 0.172. The molecule has 2 nitrogen and oxygen atoms in total. The molecule has 15 heavy (non-hydrogen) atoms. The second-order valence-corrected chi connectivity index (χ2v) is 4.92. The van der Waals surface area contributed by atoms with Crippen molar-refractivity contribution in [2.45, 2.75) is 24.9 Å². The zero-order valence-corrected chi connectivity index (χ0v) is 10.5. The molecule has 1 aliphatic heterocycles. The highest BCUT2D eigenvalue weighted by Crippen LogP contribution is 2.28. The van der Waals surface area contributed by atoms with Gasteiger partial charge >= 0.3 is 0 Å². The summed E-state index contributed by atoms with van der Waals surface area (Å²) in [4.78, 5) is 0. The maximum atomic E-state index is 5.16. The molecule has 0 spiro atoms. The second-order valence-electron chi connectivity index (χ2n) is 4.00. The first-order valence-corrected chi connectivity index (χ1v) is 6.09. The van der Waals surface area contributed by atoms with Crippen LogP contribution in [0.1, 0.15) is 24.4 Å². The topological polar surface area (TPSA) is 21.3 Å². The van der Waals surface area contributed by atoms with Gasteiger partial charge in [0, 0.05) is 23.7 Å². The zero-order chi connectivity index (χ0) is 10.7. The van der Waals surface area contributed by atoms with Crippen LogP contribution in [0.25, 0.3) is 0 Å². The molecule has 2 rings (SSSR count). The smallest absolute Gasteiger partial charge is 0.0616 e. The van der Waals surface area contributed by atoms with E-state index in [1.165, 1.54) is 18.4 Å². The molecule has 0 saturated carbocycles. The monoisotopic (exact) mass is 269 g/mol. The van der Waals surface area contributed by atoms with E-state index in [1.54, 1.807) is 7.11 Å². The van der Waals surface area contributed by atoms with Gasteiger partial charge in [0.2, 0.25) is 0 Å². The Kier molecular flexibility index (Phi) is 3.78. The van der Waals surface area contributed by atoms with Crippen molar-refractivity contribution in [3.05, 3.63) is 34.3 Å². The first-order chi connectivity index (χ1) is 7.29. The average Bonchev–Trinajstić information content (AvgIpc) is 2.67. The Balaban J connectivity index is 2.01. The number of hydrogen-bond donors (Lipinski definition) is 1. The van der Waals surface area contributed by atoms with Crippen LogP contribution < -0.4 is 5.32 Å². The highest BCUT2D eigenvalue weighted by atomic mass is 79.9. The molecule has 1 fully saturated rings. The van der Waals surface area contributed by atoms with E-state index >= 15 is 0 Å². The first kappa shape index (κ1) is 11.1. The number of rotatable bonds is 3. The molecule has 82 valence electrons. The minimum atomic E-state index is 0.489. The Bertz CT molecular complexity index is 329. The predicted octanol–water partition coefficient (Wildman–Crippen LogP) is 2.89. The van der Waals surface area contributed by atoms with Crippen LogP contribution in [-0.4, -0.2) is 19.8 Å². The van der Waals surface area contributed by atoms with Crippen molar-refractivity contribution < 1.29 is 4.74 Å². The number of nitrogens with one attached hydrogen (secondary N) is 1. The van der Waals surface area contributed by atoms with E-state index in [1.807, 2.05) is 0 Å². The van der Waals surface area contributed by atoms with E-state index in [2.05, 4.69) is 45.5 Å². The number of halogens is 1. The van der Waals surface area contributed by atoms with Crippen LogP contribution in [0.3, 0.4) is 0 Å². The molecule has 3 heteroatoms. The summed E-state index contributed by atoms with van der Waals surface area (Å²) < 4.78 is 6.31. The van der Waals surface area contributed by atoms with Crippen molar-refractivity contribution in [2.75, 3.05) is 13.7 Å². The van der Waals surface area contributed by atoms with Crippen LogP contribution >= 0.6 is 15.9 Å². The molecule has 2 atom stereocenters. The second kappa shape index (κ2) is 5.10. The van der Waals surface area contributed by atoms with Gasteiger partial charge in [-0.3, -0.25) is 0 Å². The van der Waals surface area contributed by atoms with Gasteiger partial charge in [-0.15, -0.1) is 0 Å². The molecule has 0 aromatic heterocycles. The molecule has 1 saturated heterocycles. The van der Waals surface area contributed by atoms with Gasteiger partial charge in [0.1, 0.15) is 0 Å². The zero-order valence-electron chi connectivity index (χ0n) is 8.87. The van der Waals surface area contributed by atoms with Crippen LogP contribution in [0, 0.1) is 0 Å². The van der Waals surface area contributed by atoms with Crippen molar-refractivity contribution in [3.63, 3.8) is 0 Å². The summed E-state index contributed by atoms with van der Waals surface area (Å²) in [5.41, 5.74) is 1.36. The molecule has 1 N–H and O–H groups in total. The number of hydrogen-bond acceptors (Lipinski definition) is 2. The molecule has 2 unspecified atom stereocenters. The van der Waals surface area contributed by atoms with Gasteiger partial charge in [-0.05, 0) is 30.5 Å². The van der Waals surface area contributed by atoms with Gasteiger partial charge in [0.25, 0.3) is 0 Å². The Morgan fingerprint density at radius 3 is 3.07 bits per heavy atom. The molecule has 0 amide bonds. The van der Waals surface area contributed by atoms with Gasteiger partial charge < -0.3 is 10.1 Å². The van der Waals surface area contributed by atoms with Gasteiger partial charge in [-0.2, -0.15) is 0 Å². The Morgan fingerprint density at radius 2 is 2.33 bits per heavy atom. The molecule has 0 radical (unpaired) electrons. The summed E-state index contributed by atoms with van der Waals surface area (Å²) in [6, 6.07) is 9.52. The van der Waals surface area contributed by atoms with Crippen LogP contribution in [0.4, 0.5) is 0 Å². The number of methoxy groups -OCH3 is 1. The quantitative estimate of drug-likeness (QED) is 0.911. The summed E-state index contributed by atoms with van der Waals surface area (Å²) in [5, 5.41) is 3.59. The van der Waals surface area contributed by atoms with Gasteiger partial charge in [0.15, 0.2) is 0 Å². The van der Waals surface area contributed by atoms with Gasteiger partial charge in [0.05, 0.1) is 6.61 Å². The van der Waals surface area contributed by atoms with Crippen molar-refractivity contribution in [1.29, 1.82) is 0 Å². The highest BCUT2D eigenvalue weighted by molar-refractivity contribution is 9.10. The first-order valence-electron chi connectivity index (χ1n) is 5.30. The third-order valence-corrected chi connectivity index (χ3v) is 3.35. The van der Waals surface area contributed by atoms with E-state index < -0.39 is 0 Å². The molecule has 1 aromatic carbocycles. The van der Waals surface area contributed by atoms with Gasteiger partial charge in [-0.25, -0.2) is 0 Å². The third-order valence-electron chi connectivity index (χ3n) is 2.86. The number of ether oxygens (including phenoxy) is 1. The van der Waals surface area contributed by atoms with Crippen LogP contribution in [0.5, 0.6) is 0 Å². The number of benzene rings is 1. The summed E-state index contributed by atoms with van der Waals surface area (Å²) in [7, 11) is 1.76. The molecule has 1 aromatic rings. The summed E-state index contributed by atoms with van der Waals surface area (Å²) in [6.45, 7) is 0.810. The van der Waals surface area contributed by atoms with E-state index in [-0.39, 0.29) is 0 Å². The summed E-state index contributed by atoms with van der Waals surface area (Å²) >= 11 is 3.50. The molecule has 1 heterocycles. The summed E-state index contributed by atoms with van der Waals surface area (Å²) in [5.74, 6) is 0. The largest absolute Gasteiger partial charge is 0.383 e. The SMILES string of the molecule is COCC1CCC(c2cccc(Br)c2)N1. The van der Waals surface area contributed by atoms with Crippen molar-refractivity contribution in [3.8, 4) is 0 Å². The van der Waals surface area contributed by atoms with E-state index in [0.717, 1.165) is 11.1 Å². The Labute approximate surface area is 99.1 Å². The minimum Gasteiger partial charge on any atom is -0.383 e. The van der Waals surface area contributed by atoms with Crippen LogP contribution in [-0.2, 0) is 4.74 Å². The Morgan fingerprint density at radius 1 is 1.47 bits per heavy atom. The average molecular weight is 270 g/mol. The Hall–Kier alpha value is -0.380. The van der Waals surface area contributed by atoms with E-state index in [9.17, 15) is 0 Å². The molecule has 1 aliphatic rings. The maximum absolute atomic E-state index is 5.16. The molecule has 0 aliphatic carbocycles.